The standard InChI is InChI=1S/C13H23N3/c1-9(2)10-4-6-11(7-5-10)13-12(14)8-15-16(13)3/h8-11H,4-7,14H2,1-3H3. The van der Waals surface area contributed by atoms with Gasteiger partial charge < -0.3 is 5.73 Å². The van der Waals surface area contributed by atoms with E-state index in [1.165, 1.54) is 31.4 Å². The number of rotatable bonds is 2. The summed E-state index contributed by atoms with van der Waals surface area (Å²) in [7, 11) is 2.00. The zero-order valence-electron chi connectivity index (χ0n) is 10.6. The highest BCUT2D eigenvalue weighted by Gasteiger charge is 2.27. The molecular formula is C13H23N3. The number of aryl methyl sites for hydroxylation is 1. The molecule has 1 aliphatic rings. The first-order valence-electron chi connectivity index (χ1n) is 6.37. The topological polar surface area (TPSA) is 43.8 Å². The number of hydrogen-bond donors (Lipinski definition) is 1. The highest BCUT2D eigenvalue weighted by Crippen LogP contribution is 2.39. The number of aromatic nitrogens is 2. The summed E-state index contributed by atoms with van der Waals surface area (Å²) in [5.41, 5.74) is 8.11. The minimum absolute atomic E-state index is 0.627. The highest BCUT2D eigenvalue weighted by atomic mass is 15.3. The fraction of sp³-hybridized carbons (Fsp3) is 0.769. The predicted octanol–water partition coefficient (Wildman–Crippen LogP) is 2.93. The van der Waals surface area contributed by atoms with Crippen LogP contribution in [0.15, 0.2) is 6.20 Å². The third-order valence-electron chi connectivity index (χ3n) is 4.12. The summed E-state index contributed by atoms with van der Waals surface area (Å²) in [5, 5.41) is 4.24. The van der Waals surface area contributed by atoms with Crippen molar-refractivity contribution in [2.45, 2.75) is 45.4 Å². The fourth-order valence-corrected chi connectivity index (χ4v) is 3.02. The Bertz CT molecular complexity index is 327. The van der Waals surface area contributed by atoms with Crippen molar-refractivity contribution >= 4 is 5.69 Å². The second-order valence-corrected chi connectivity index (χ2v) is 5.46. The third-order valence-corrected chi connectivity index (χ3v) is 4.12. The summed E-state index contributed by atoms with van der Waals surface area (Å²) in [4.78, 5) is 0. The lowest BCUT2D eigenvalue weighted by Gasteiger charge is -2.31. The molecule has 0 atom stereocenters. The van der Waals surface area contributed by atoms with E-state index in [9.17, 15) is 0 Å². The molecule has 1 aromatic rings. The highest BCUT2D eigenvalue weighted by molar-refractivity contribution is 5.43. The lowest BCUT2D eigenvalue weighted by Crippen LogP contribution is -2.19. The van der Waals surface area contributed by atoms with Crippen molar-refractivity contribution in [2.75, 3.05) is 5.73 Å². The average Bonchev–Trinajstić information content (AvgIpc) is 2.59. The molecule has 1 heterocycles. The number of hydrogen-bond acceptors (Lipinski definition) is 2. The molecular weight excluding hydrogens is 198 g/mol. The molecule has 2 N–H and O–H groups in total. The van der Waals surface area contributed by atoms with Crippen LogP contribution in [0.2, 0.25) is 0 Å². The second kappa shape index (κ2) is 4.48. The molecule has 0 aromatic carbocycles. The molecule has 16 heavy (non-hydrogen) atoms. The van der Waals surface area contributed by atoms with Crippen molar-refractivity contribution in [3.8, 4) is 0 Å². The maximum Gasteiger partial charge on any atom is 0.0735 e. The lowest BCUT2D eigenvalue weighted by atomic mass is 9.76. The zero-order chi connectivity index (χ0) is 11.7. The van der Waals surface area contributed by atoms with Gasteiger partial charge in [0.05, 0.1) is 17.6 Å². The molecule has 3 heteroatoms. The molecule has 90 valence electrons. The van der Waals surface area contributed by atoms with Gasteiger partial charge in [0.25, 0.3) is 0 Å². The van der Waals surface area contributed by atoms with Gasteiger partial charge in [-0.2, -0.15) is 5.10 Å². The average molecular weight is 221 g/mol. The van der Waals surface area contributed by atoms with E-state index in [-0.39, 0.29) is 0 Å². The minimum Gasteiger partial charge on any atom is -0.396 e. The van der Waals surface area contributed by atoms with E-state index in [4.69, 9.17) is 5.73 Å². The molecule has 1 fully saturated rings. The largest absolute Gasteiger partial charge is 0.396 e. The second-order valence-electron chi connectivity index (χ2n) is 5.46. The molecule has 3 nitrogen and oxygen atoms in total. The fourth-order valence-electron chi connectivity index (χ4n) is 3.02. The third kappa shape index (κ3) is 2.08. The van der Waals surface area contributed by atoms with Gasteiger partial charge in [-0.1, -0.05) is 13.8 Å². The Kier molecular flexibility index (Phi) is 3.22. The van der Waals surface area contributed by atoms with Crippen LogP contribution >= 0.6 is 0 Å². The van der Waals surface area contributed by atoms with Crippen LogP contribution in [0.1, 0.15) is 51.1 Å². The summed E-state index contributed by atoms with van der Waals surface area (Å²) < 4.78 is 1.95. The van der Waals surface area contributed by atoms with Crippen LogP contribution in [-0.4, -0.2) is 9.78 Å². The van der Waals surface area contributed by atoms with E-state index in [1.807, 2.05) is 11.7 Å². The van der Waals surface area contributed by atoms with Crippen LogP contribution in [0.3, 0.4) is 0 Å². The van der Waals surface area contributed by atoms with Gasteiger partial charge in [-0.05, 0) is 37.5 Å². The summed E-state index contributed by atoms with van der Waals surface area (Å²) in [6.07, 6.45) is 7.00. The van der Waals surface area contributed by atoms with Crippen LogP contribution in [0.25, 0.3) is 0 Å². The van der Waals surface area contributed by atoms with E-state index < -0.39 is 0 Å². The van der Waals surface area contributed by atoms with E-state index in [0.29, 0.717) is 5.92 Å². The normalized spacial score (nSPS) is 26.2. The number of nitrogens with zero attached hydrogens (tertiary/aromatic N) is 2. The van der Waals surface area contributed by atoms with Crippen LogP contribution in [0.5, 0.6) is 0 Å². The van der Waals surface area contributed by atoms with Gasteiger partial charge in [-0.3, -0.25) is 4.68 Å². The monoisotopic (exact) mass is 221 g/mol. The van der Waals surface area contributed by atoms with Gasteiger partial charge in [-0.25, -0.2) is 0 Å². The summed E-state index contributed by atoms with van der Waals surface area (Å²) in [5.74, 6) is 2.36. The minimum atomic E-state index is 0.627. The van der Waals surface area contributed by atoms with Gasteiger partial charge in [-0.15, -0.1) is 0 Å². The molecule has 1 aromatic heterocycles. The van der Waals surface area contributed by atoms with E-state index in [0.717, 1.165) is 17.5 Å². The number of anilines is 1. The van der Waals surface area contributed by atoms with Crippen LogP contribution in [0.4, 0.5) is 5.69 Å². The van der Waals surface area contributed by atoms with Crippen molar-refractivity contribution in [3.05, 3.63) is 11.9 Å². The molecule has 1 aliphatic carbocycles. The smallest absolute Gasteiger partial charge is 0.0735 e. The number of nitrogen functional groups attached to an aromatic ring is 1. The van der Waals surface area contributed by atoms with Crippen LogP contribution in [0, 0.1) is 11.8 Å². The van der Waals surface area contributed by atoms with Crippen LogP contribution in [-0.2, 0) is 7.05 Å². The summed E-state index contributed by atoms with van der Waals surface area (Å²) in [6.45, 7) is 4.67. The lowest BCUT2D eigenvalue weighted by molar-refractivity contribution is 0.255. The predicted molar refractivity (Wildman–Crippen MR) is 67.2 cm³/mol. The molecule has 1 saturated carbocycles. The molecule has 0 unspecified atom stereocenters. The molecule has 0 radical (unpaired) electrons. The Balaban J connectivity index is 2.04. The van der Waals surface area contributed by atoms with E-state index in [1.54, 1.807) is 6.20 Å². The Morgan fingerprint density at radius 1 is 1.31 bits per heavy atom. The van der Waals surface area contributed by atoms with Gasteiger partial charge in [0.2, 0.25) is 0 Å². The zero-order valence-corrected chi connectivity index (χ0v) is 10.6. The summed E-state index contributed by atoms with van der Waals surface area (Å²) in [6, 6.07) is 0. The van der Waals surface area contributed by atoms with Gasteiger partial charge in [0.1, 0.15) is 0 Å². The Morgan fingerprint density at radius 2 is 1.94 bits per heavy atom. The molecule has 0 spiro atoms. The Morgan fingerprint density at radius 3 is 2.38 bits per heavy atom. The van der Waals surface area contributed by atoms with Gasteiger partial charge in [0.15, 0.2) is 0 Å². The van der Waals surface area contributed by atoms with E-state index in [2.05, 4.69) is 18.9 Å². The van der Waals surface area contributed by atoms with Crippen molar-refractivity contribution in [1.29, 1.82) is 0 Å². The molecule has 2 rings (SSSR count). The Hall–Kier alpha value is -0.990. The van der Waals surface area contributed by atoms with Gasteiger partial charge >= 0.3 is 0 Å². The maximum atomic E-state index is 5.98. The molecule has 0 bridgehead atoms. The first-order valence-corrected chi connectivity index (χ1v) is 6.37. The molecule has 0 aliphatic heterocycles. The molecule has 0 amide bonds. The number of nitrogens with two attached hydrogens (primary N) is 1. The van der Waals surface area contributed by atoms with Crippen LogP contribution < -0.4 is 5.73 Å². The Labute approximate surface area is 98.0 Å². The first kappa shape index (κ1) is 11.5. The van der Waals surface area contributed by atoms with Crippen molar-refractivity contribution < 1.29 is 0 Å². The molecule has 0 saturated heterocycles. The SMILES string of the molecule is CC(C)C1CCC(c2c(N)cnn2C)CC1. The first-order chi connectivity index (χ1) is 7.59. The van der Waals surface area contributed by atoms with Gasteiger partial charge in [0, 0.05) is 13.0 Å². The van der Waals surface area contributed by atoms with E-state index >= 15 is 0 Å². The van der Waals surface area contributed by atoms with Crippen molar-refractivity contribution in [1.82, 2.24) is 9.78 Å². The maximum absolute atomic E-state index is 5.98. The van der Waals surface area contributed by atoms with Crippen molar-refractivity contribution in [3.63, 3.8) is 0 Å². The summed E-state index contributed by atoms with van der Waals surface area (Å²) >= 11 is 0. The quantitative estimate of drug-likeness (QED) is 0.834. The van der Waals surface area contributed by atoms with Crippen molar-refractivity contribution in [2.24, 2.45) is 18.9 Å².